The van der Waals surface area contributed by atoms with Crippen LogP contribution in [0.15, 0.2) is 65.8 Å². The minimum absolute atomic E-state index is 0. The Kier molecular flexibility index (Phi) is 5.61. The van der Waals surface area contributed by atoms with Crippen LogP contribution in [0.3, 0.4) is 0 Å². The van der Waals surface area contributed by atoms with E-state index in [2.05, 4.69) is 5.16 Å². The first kappa shape index (κ1) is 13.9. The largest absolute Gasteiger partial charge is 0.412 e. The van der Waals surface area contributed by atoms with Crippen molar-refractivity contribution in [2.45, 2.75) is 13.5 Å². The summed E-state index contributed by atoms with van der Waals surface area (Å²) in [5, 5.41) is 4.11. The summed E-state index contributed by atoms with van der Waals surface area (Å²) in [7, 11) is 0. The van der Waals surface area contributed by atoms with Crippen LogP contribution in [0.1, 0.15) is 18.1 Å². The van der Waals surface area contributed by atoms with Crippen molar-refractivity contribution in [2.24, 2.45) is 5.16 Å². The summed E-state index contributed by atoms with van der Waals surface area (Å²) in [5.41, 5.74) is 3.10. The fourth-order valence-corrected chi connectivity index (χ4v) is 1.51. The van der Waals surface area contributed by atoms with Crippen molar-refractivity contribution in [3.8, 4) is 0 Å². The van der Waals surface area contributed by atoms with Gasteiger partial charge in [-0.05, 0) is 18.1 Å². The van der Waals surface area contributed by atoms with Gasteiger partial charge in [0.25, 0.3) is 0 Å². The summed E-state index contributed by atoms with van der Waals surface area (Å²) < 4.78 is 0. The zero-order valence-electron chi connectivity index (χ0n) is 10.3. The molecular formula is C15H17NO2. The number of oxime groups is 1. The van der Waals surface area contributed by atoms with Gasteiger partial charge in [0.15, 0.2) is 0 Å². The average molecular weight is 243 g/mol. The molecule has 3 heteroatoms. The van der Waals surface area contributed by atoms with Gasteiger partial charge in [-0.2, -0.15) is 0 Å². The van der Waals surface area contributed by atoms with Gasteiger partial charge in [-0.3, -0.25) is 0 Å². The standard InChI is InChI=1S/C15H15NO.H2O/c1-13(15-10-6-3-7-11-15)16-17-12-14-8-4-2-5-9-14;/h2-11H,12H2,1H3;1H2. The Bertz CT molecular complexity index is 480. The number of benzene rings is 2. The van der Waals surface area contributed by atoms with Crippen LogP contribution >= 0.6 is 0 Å². The smallest absolute Gasteiger partial charge is 0.142 e. The Morgan fingerprint density at radius 1 is 0.944 bits per heavy atom. The highest BCUT2D eigenvalue weighted by Gasteiger charge is 1.96. The summed E-state index contributed by atoms with van der Waals surface area (Å²) in [6.07, 6.45) is 0. The normalized spacial score (nSPS) is 10.6. The molecule has 2 N–H and O–H groups in total. The second-order valence-electron chi connectivity index (χ2n) is 3.80. The van der Waals surface area contributed by atoms with Crippen molar-refractivity contribution < 1.29 is 10.3 Å². The molecule has 0 radical (unpaired) electrons. The molecule has 0 saturated heterocycles. The van der Waals surface area contributed by atoms with E-state index in [9.17, 15) is 0 Å². The van der Waals surface area contributed by atoms with Gasteiger partial charge in [0.05, 0.1) is 5.71 Å². The van der Waals surface area contributed by atoms with E-state index in [-0.39, 0.29) is 5.48 Å². The van der Waals surface area contributed by atoms with E-state index in [1.54, 1.807) is 0 Å². The maximum absolute atomic E-state index is 5.32. The molecular weight excluding hydrogens is 226 g/mol. The number of rotatable bonds is 4. The van der Waals surface area contributed by atoms with Crippen molar-refractivity contribution in [2.75, 3.05) is 0 Å². The number of hydrogen-bond acceptors (Lipinski definition) is 2. The number of nitrogens with zero attached hydrogens (tertiary/aromatic N) is 1. The van der Waals surface area contributed by atoms with Crippen molar-refractivity contribution in [3.63, 3.8) is 0 Å². The van der Waals surface area contributed by atoms with Crippen LogP contribution in [0.2, 0.25) is 0 Å². The van der Waals surface area contributed by atoms with Crippen molar-refractivity contribution >= 4 is 5.71 Å². The molecule has 0 aliphatic rings. The van der Waals surface area contributed by atoms with Crippen molar-refractivity contribution in [3.05, 3.63) is 71.8 Å². The second-order valence-corrected chi connectivity index (χ2v) is 3.80. The van der Waals surface area contributed by atoms with Crippen LogP contribution in [-0.4, -0.2) is 11.2 Å². The van der Waals surface area contributed by atoms with Crippen LogP contribution in [0.25, 0.3) is 0 Å². The van der Waals surface area contributed by atoms with E-state index in [1.165, 1.54) is 0 Å². The minimum atomic E-state index is 0. The lowest BCUT2D eigenvalue weighted by Gasteiger charge is -2.02. The third-order valence-corrected chi connectivity index (χ3v) is 2.47. The fraction of sp³-hybridized carbons (Fsp3) is 0.133. The highest BCUT2D eigenvalue weighted by molar-refractivity contribution is 5.98. The molecule has 2 rings (SSSR count). The van der Waals surface area contributed by atoms with Crippen LogP contribution in [0.4, 0.5) is 0 Å². The molecule has 0 atom stereocenters. The predicted molar refractivity (Wildman–Crippen MR) is 73.5 cm³/mol. The van der Waals surface area contributed by atoms with Gasteiger partial charge in [-0.15, -0.1) is 0 Å². The van der Waals surface area contributed by atoms with Crippen molar-refractivity contribution in [1.82, 2.24) is 0 Å². The Balaban J connectivity index is 0.00000162. The monoisotopic (exact) mass is 243 g/mol. The van der Waals surface area contributed by atoms with E-state index in [4.69, 9.17) is 4.84 Å². The first-order valence-corrected chi connectivity index (χ1v) is 5.62. The third kappa shape index (κ3) is 4.03. The molecule has 0 amide bonds. The molecule has 3 nitrogen and oxygen atoms in total. The summed E-state index contributed by atoms with van der Waals surface area (Å²) in [4.78, 5) is 5.32. The Hall–Kier alpha value is -2.13. The van der Waals surface area contributed by atoms with Gasteiger partial charge in [-0.25, -0.2) is 0 Å². The first-order valence-electron chi connectivity index (χ1n) is 5.62. The van der Waals surface area contributed by atoms with E-state index in [0.29, 0.717) is 6.61 Å². The fourth-order valence-electron chi connectivity index (χ4n) is 1.51. The van der Waals surface area contributed by atoms with E-state index >= 15 is 0 Å². The maximum Gasteiger partial charge on any atom is 0.142 e. The van der Waals surface area contributed by atoms with Gasteiger partial charge in [-0.1, -0.05) is 65.8 Å². The molecule has 0 saturated carbocycles. The quantitative estimate of drug-likeness (QED) is 0.601. The molecule has 2 aromatic carbocycles. The lowest BCUT2D eigenvalue weighted by Crippen LogP contribution is -1.96. The Morgan fingerprint density at radius 3 is 2.11 bits per heavy atom. The topological polar surface area (TPSA) is 53.1 Å². The first-order chi connectivity index (χ1) is 8.36. The molecule has 0 aromatic heterocycles. The molecule has 94 valence electrons. The molecule has 0 unspecified atom stereocenters. The van der Waals surface area contributed by atoms with Gasteiger partial charge in [0, 0.05) is 0 Å². The van der Waals surface area contributed by atoms with Gasteiger partial charge in [0.2, 0.25) is 0 Å². The Labute approximate surface area is 107 Å². The second kappa shape index (κ2) is 7.25. The SMILES string of the molecule is CC(=NOCc1ccccc1)c1ccccc1.O. The van der Waals surface area contributed by atoms with Crippen LogP contribution in [-0.2, 0) is 11.4 Å². The molecule has 0 spiro atoms. The highest BCUT2D eigenvalue weighted by Crippen LogP contribution is 2.04. The summed E-state index contributed by atoms with van der Waals surface area (Å²) >= 11 is 0. The lowest BCUT2D eigenvalue weighted by molar-refractivity contribution is 0.130. The number of hydrogen-bond donors (Lipinski definition) is 0. The summed E-state index contributed by atoms with van der Waals surface area (Å²) in [5.74, 6) is 0. The average Bonchev–Trinajstić information content (AvgIpc) is 2.41. The lowest BCUT2D eigenvalue weighted by atomic mass is 10.1. The minimum Gasteiger partial charge on any atom is -0.412 e. The zero-order chi connectivity index (χ0) is 11.9. The zero-order valence-corrected chi connectivity index (χ0v) is 10.3. The third-order valence-electron chi connectivity index (χ3n) is 2.47. The van der Waals surface area contributed by atoms with Crippen LogP contribution < -0.4 is 0 Å². The maximum atomic E-state index is 5.32. The highest BCUT2D eigenvalue weighted by atomic mass is 16.6. The van der Waals surface area contributed by atoms with Gasteiger partial charge in [0.1, 0.15) is 6.61 Å². The van der Waals surface area contributed by atoms with Gasteiger partial charge >= 0.3 is 0 Å². The molecule has 0 fully saturated rings. The van der Waals surface area contributed by atoms with Crippen LogP contribution in [0.5, 0.6) is 0 Å². The molecule has 18 heavy (non-hydrogen) atoms. The van der Waals surface area contributed by atoms with E-state index in [1.807, 2.05) is 67.6 Å². The molecule has 0 heterocycles. The Morgan fingerprint density at radius 2 is 1.50 bits per heavy atom. The predicted octanol–water partition coefficient (Wildman–Crippen LogP) is 2.80. The van der Waals surface area contributed by atoms with E-state index in [0.717, 1.165) is 16.8 Å². The van der Waals surface area contributed by atoms with Gasteiger partial charge < -0.3 is 10.3 Å². The van der Waals surface area contributed by atoms with Crippen molar-refractivity contribution in [1.29, 1.82) is 0 Å². The molecule has 0 aliphatic heterocycles. The summed E-state index contributed by atoms with van der Waals surface area (Å²) in [6.45, 7) is 2.45. The summed E-state index contributed by atoms with van der Waals surface area (Å²) in [6, 6.07) is 20.0. The van der Waals surface area contributed by atoms with E-state index < -0.39 is 0 Å². The molecule has 0 aliphatic carbocycles. The van der Waals surface area contributed by atoms with Crippen LogP contribution in [0, 0.1) is 0 Å². The molecule has 2 aromatic rings. The molecule has 0 bridgehead atoms.